The van der Waals surface area contributed by atoms with Crippen LogP contribution in [0.15, 0.2) is 0 Å². The summed E-state index contributed by atoms with van der Waals surface area (Å²) in [6.45, 7) is 0. The van der Waals surface area contributed by atoms with Crippen molar-refractivity contribution in [1.82, 2.24) is 0 Å². The van der Waals surface area contributed by atoms with Crippen molar-refractivity contribution in [2.45, 2.75) is 0 Å². The summed E-state index contributed by atoms with van der Waals surface area (Å²) in [5.41, 5.74) is 0. The van der Waals surface area contributed by atoms with Crippen molar-refractivity contribution < 1.29 is 42.2 Å². The standard InChI is InChI=1S/ClH.H2O4S.H4O4Si.H2O/c;2*1-5(2,3)4;/h1H;(H2,1,2,3,4);1-4H;1H2. The molecule has 0 aliphatic heterocycles. The van der Waals surface area contributed by atoms with Crippen molar-refractivity contribution in [2.75, 3.05) is 0 Å². The van der Waals surface area contributed by atoms with Crippen LogP contribution in [0.4, 0.5) is 0 Å². The van der Waals surface area contributed by atoms with E-state index in [4.69, 9.17) is 36.7 Å². The van der Waals surface area contributed by atoms with Crippen molar-refractivity contribution in [1.29, 1.82) is 0 Å². The molecule has 0 aromatic carbocycles. The highest BCUT2D eigenvalue weighted by Crippen LogP contribution is 1.67. The zero-order valence-electron chi connectivity index (χ0n) is 5.32. The third-order valence-corrected chi connectivity index (χ3v) is 0. The van der Waals surface area contributed by atoms with Crippen LogP contribution in [0.25, 0.3) is 0 Å². The largest absolute Gasteiger partial charge is 0.668 e. The van der Waals surface area contributed by atoms with Gasteiger partial charge in [-0.2, -0.15) is 8.42 Å². The van der Waals surface area contributed by atoms with Gasteiger partial charge in [0.25, 0.3) is 0 Å². The topological polar surface area (TPSA) is 187 Å². The zero-order chi connectivity index (χ0) is 9.00. The van der Waals surface area contributed by atoms with Crippen molar-refractivity contribution in [3.05, 3.63) is 0 Å². The van der Waals surface area contributed by atoms with Crippen LogP contribution in [0.5, 0.6) is 0 Å². The molecule has 12 heteroatoms. The van der Waals surface area contributed by atoms with Crippen LogP contribution in [-0.2, 0) is 10.4 Å². The van der Waals surface area contributed by atoms with Crippen LogP contribution in [0, 0.1) is 0 Å². The van der Waals surface area contributed by atoms with Gasteiger partial charge in [-0.3, -0.25) is 9.11 Å². The number of halogens is 1. The fourth-order valence-electron chi connectivity index (χ4n) is 0. The summed E-state index contributed by atoms with van der Waals surface area (Å²) in [4.78, 5) is 29.3. The Labute approximate surface area is 74.7 Å². The summed E-state index contributed by atoms with van der Waals surface area (Å²) in [5, 5.41) is 0. The highest BCUT2D eigenvalue weighted by molar-refractivity contribution is 7.79. The molecule has 0 spiro atoms. The van der Waals surface area contributed by atoms with Crippen LogP contribution < -0.4 is 0 Å². The minimum absolute atomic E-state index is 0. The first-order valence-corrected chi connectivity index (χ1v) is 4.78. The molecular weight excluding hydrogens is 240 g/mol. The predicted molar refractivity (Wildman–Crippen MR) is 39.7 cm³/mol. The molecule has 0 heterocycles. The molecule has 0 bridgehead atoms. The predicted octanol–water partition coefficient (Wildman–Crippen LogP) is -3.66. The van der Waals surface area contributed by atoms with Gasteiger partial charge in [0.1, 0.15) is 0 Å². The molecule has 0 rings (SSSR count). The maximum absolute atomic E-state index is 8.74. The maximum atomic E-state index is 8.74. The molecule has 0 aromatic rings. The van der Waals surface area contributed by atoms with Crippen LogP contribution in [0.3, 0.4) is 0 Å². The molecule has 0 aliphatic carbocycles. The SMILES string of the molecule is Cl.O.O=S(=O)(O)O.O[Si](O)(O)O. The van der Waals surface area contributed by atoms with Crippen molar-refractivity contribution >= 4 is 31.9 Å². The molecule has 0 aliphatic rings. The zero-order valence-corrected chi connectivity index (χ0v) is 7.95. The third-order valence-electron chi connectivity index (χ3n) is 0. The van der Waals surface area contributed by atoms with E-state index in [1.54, 1.807) is 0 Å². The number of rotatable bonds is 0. The van der Waals surface area contributed by atoms with Crippen molar-refractivity contribution in [3.63, 3.8) is 0 Å². The monoisotopic (exact) mass is 248 g/mol. The smallest absolute Gasteiger partial charge is 0.412 e. The molecule has 9 nitrogen and oxygen atoms in total. The van der Waals surface area contributed by atoms with Crippen LogP contribution >= 0.6 is 12.4 Å². The molecule has 8 N–H and O–H groups in total. The van der Waals surface area contributed by atoms with E-state index in [9.17, 15) is 0 Å². The fraction of sp³-hybridized carbons (Fsp3) is 0. The van der Waals surface area contributed by atoms with Gasteiger partial charge in [-0.25, -0.2) is 0 Å². The Balaban J connectivity index is -0.0000000457. The first-order chi connectivity index (χ1) is 4.00. The summed E-state index contributed by atoms with van der Waals surface area (Å²) in [6, 6.07) is 0. The van der Waals surface area contributed by atoms with Gasteiger partial charge in [0.2, 0.25) is 0 Å². The normalized spacial score (nSPS) is 9.83. The summed E-state index contributed by atoms with van der Waals surface area (Å²) in [5.74, 6) is 0. The van der Waals surface area contributed by atoms with E-state index in [0.29, 0.717) is 0 Å². The van der Waals surface area contributed by atoms with Gasteiger partial charge in [-0.05, 0) is 0 Å². The Morgan fingerprint density at radius 3 is 0.917 bits per heavy atom. The Morgan fingerprint density at radius 2 is 0.917 bits per heavy atom. The maximum Gasteiger partial charge on any atom is 0.668 e. The summed E-state index contributed by atoms with van der Waals surface area (Å²) in [7, 11) is -9.28. The van der Waals surface area contributed by atoms with Gasteiger partial charge >= 0.3 is 19.4 Å². The van der Waals surface area contributed by atoms with Crippen LogP contribution in [-0.4, -0.2) is 51.2 Å². The van der Waals surface area contributed by atoms with Crippen molar-refractivity contribution in [3.8, 4) is 0 Å². The van der Waals surface area contributed by atoms with Crippen LogP contribution in [0.2, 0.25) is 0 Å². The minimum Gasteiger partial charge on any atom is -0.412 e. The van der Waals surface area contributed by atoms with E-state index in [-0.39, 0.29) is 17.9 Å². The number of hydrogen-bond acceptors (Lipinski definition) is 6. The Bertz CT molecular complexity index is 149. The van der Waals surface area contributed by atoms with Gasteiger partial charge in [0, 0.05) is 0 Å². The molecule has 0 saturated carbocycles. The minimum atomic E-state index is -4.67. The average molecular weight is 249 g/mol. The Morgan fingerprint density at radius 1 is 0.917 bits per heavy atom. The van der Waals surface area contributed by atoms with E-state index in [1.165, 1.54) is 0 Å². The molecule has 80 valence electrons. The second kappa shape index (κ2) is 7.81. The third kappa shape index (κ3) is 27400. The van der Waals surface area contributed by atoms with Gasteiger partial charge in [-0.1, -0.05) is 0 Å². The van der Waals surface area contributed by atoms with E-state index >= 15 is 0 Å². The Hall–Kier alpha value is 0.177. The van der Waals surface area contributed by atoms with Gasteiger partial charge < -0.3 is 24.7 Å². The van der Waals surface area contributed by atoms with E-state index in [1.807, 2.05) is 0 Å². The van der Waals surface area contributed by atoms with Crippen LogP contribution in [0.1, 0.15) is 0 Å². The van der Waals surface area contributed by atoms with E-state index in [0.717, 1.165) is 0 Å². The molecule has 0 aromatic heterocycles. The molecular formula is H9ClO9SSi. The average Bonchev–Trinajstić information content (AvgIpc) is 1.12. The van der Waals surface area contributed by atoms with Gasteiger partial charge in [-0.15, -0.1) is 12.4 Å². The summed E-state index contributed by atoms with van der Waals surface area (Å²) in [6.07, 6.45) is 0. The second-order valence-electron chi connectivity index (χ2n) is 1.05. The first-order valence-electron chi connectivity index (χ1n) is 1.59. The summed E-state index contributed by atoms with van der Waals surface area (Å²) >= 11 is 0. The first kappa shape index (κ1) is 22.8. The van der Waals surface area contributed by atoms with Gasteiger partial charge in [0.05, 0.1) is 0 Å². The quantitative estimate of drug-likeness (QED) is 0.187. The molecule has 12 heavy (non-hydrogen) atoms. The second-order valence-corrected chi connectivity index (χ2v) is 3.14. The van der Waals surface area contributed by atoms with E-state index in [2.05, 4.69) is 0 Å². The van der Waals surface area contributed by atoms with Gasteiger partial charge in [0.15, 0.2) is 0 Å². The Kier molecular flexibility index (Phi) is 14.8. The molecule has 0 fully saturated rings. The molecule has 0 radical (unpaired) electrons. The molecule has 0 saturated heterocycles. The summed E-state index contributed by atoms with van der Waals surface area (Å²) < 4.78 is 31.6. The highest BCUT2D eigenvalue weighted by Gasteiger charge is 2.22. The lowest BCUT2D eigenvalue weighted by Gasteiger charge is -1.91. The fourth-order valence-corrected chi connectivity index (χ4v) is 0. The highest BCUT2D eigenvalue weighted by atomic mass is 35.5. The molecule has 0 atom stereocenters. The van der Waals surface area contributed by atoms with E-state index < -0.39 is 19.4 Å². The molecule has 0 unspecified atom stereocenters. The lowest BCUT2D eigenvalue weighted by atomic mass is 15.7. The van der Waals surface area contributed by atoms with Crippen molar-refractivity contribution in [2.24, 2.45) is 0 Å². The lowest BCUT2D eigenvalue weighted by molar-refractivity contribution is 0.117. The number of hydrogen-bond donors (Lipinski definition) is 6. The lowest BCUT2D eigenvalue weighted by Crippen LogP contribution is -2.33. The molecule has 0 amide bonds.